The quantitative estimate of drug-likeness (QED) is 0.456. The first-order valence-electron chi connectivity index (χ1n) is 9.03. The predicted molar refractivity (Wildman–Crippen MR) is 110 cm³/mol. The van der Waals surface area contributed by atoms with E-state index in [0.29, 0.717) is 10.4 Å². The molecule has 0 amide bonds. The predicted octanol–water partition coefficient (Wildman–Crippen LogP) is 6.18. The number of ketones is 1. The number of carbonyl (C=O) groups excluding carboxylic acids is 1. The Labute approximate surface area is 175 Å². The van der Waals surface area contributed by atoms with Crippen molar-refractivity contribution in [1.82, 2.24) is 0 Å². The molecule has 0 unspecified atom stereocenters. The van der Waals surface area contributed by atoms with Crippen molar-refractivity contribution >= 4 is 28.8 Å². The number of anilines is 1. The summed E-state index contributed by atoms with van der Waals surface area (Å²) in [6.07, 6.45) is -4.51. The van der Waals surface area contributed by atoms with Gasteiger partial charge in [0.05, 0.1) is 16.8 Å². The molecule has 0 aliphatic rings. The maximum absolute atomic E-state index is 13.3. The Morgan fingerprint density at radius 3 is 2.10 bits per heavy atom. The Morgan fingerprint density at radius 2 is 1.60 bits per heavy atom. The zero-order chi connectivity index (χ0) is 22.1. The highest BCUT2D eigenvalue weighted by Gasteiger charge is 2.32. The van der Waals surface area contributed by atoms with E-state index in [1.807, 2.05) is 0 Å². The number of aromatic carboxylic acids is 1. The molecule has 156 valence electrons. The Hall–Kier alpha value is -3.13. The highest BCUT2D eigenvalue weighted by molar-refractivity contribution is 7.18. The van der Waals surface area contributed by atoms with Crippen molar-refractivity contribution < 1.29 is 27.9 Å². The van der Waals surface area contributed by atoms with Gasteiger partial charge in [0.15, 0.2) is 5.78 Å². The average molecular weight is 433 g/mol. The Morgan fingerprint density at radius 1 is 1.00 bits per heavy atom. The molecule has 1 aromatic heterocycles. The molecule has 0 aliphatic heterocycles. The second-order valence-electron chi connectivity index (χ2n) is 6.88. The minimum Gasteiger partial charge on any atom is -0.477 e. The second-order valence-corrected chi connectivity index (χ2v) is 7.91. The summed E-state index contributed by atoms with van der Waals surface area (Å²) in [6.45, 7) is 3.61. The molecule has 0 aliphatic carbocycles. The van der Waals surface area contributed by atoms with Gasteiger partial charge < -0.3 is 10.4 Å². The van der Waals surface area contributed by atoms with Gasteiger partial charge in [-0.05, 0) is 31.5 Å². The zero-order valence-electron chi connectivity index (χ0n) is 16.1. The van der Waals surface area contributed by atoms with Crippen LogP contribution in [0.2, 0.25) is 0 Å². The van der Waals surface area contributed by atoms with E-state index in [9.17, 15) is 27.9 Å². The molecule has 0 radical (unpaired) electrons. The van der Waals surface area contributed by atoms with Crippen LogP contribution in [-0.2, 0) is 6.18 Å². The number of halogens is 3. The molecule has 0 saturated carbocycles. The average Bonchev–Trinajstić information content (AvgIpc) is 3.06. The van der Waals surface area contributed by atoms with Gasteiger partial charge in [0.25, 0.3) is 0 Å². The molecule has 3 rings (SSSR count). The first-order valence-corrected chi connectivity index (χ1v) is 9.85. The molecule has 0 fully saturated rings. The summed E-state index contributed by atoms with van der Waals surface area (Å²) in [7, 11) is 0. The van der Waals surface area contributed by atoms with Crippen molar-refractivity contribution in [2.24, 2.45) is 0 Å². The zero-order valence-corrected chi connectivity index (χ0v) is 16.9. The number of carbonyl (C=O) groups is 2. The Balaban J connectivity index is 2.20. The van der Waals surface area contributed by atoms with Crippen molar-refractivity contribution in [2.45, 2.75) is 26.1 Å². The van der Waals surface area contributed by atoms with Crippen LogP contribution in [0.1, 0.15) is 45.0 Å². The highest BCUT2D eigenvalue weighted by atomic mass is 32.1. The standard InChI is InChI=1S/C22H18F3NO3S/c1-12(2)26-17-16(18(27)13-8-10-15(11-9-13)22(23,24)25)19(30-20(17)21(28)29)14-6-4-3-5-7-14/h3-12,26H,1-2H3,(H,28,29). The summed E-state index contributed by atoms with van der Waals surface area (Å²) in [5, 5.41) is 12.7. The normalized spacial score (nSPS) is 11.5. The molecular formula is C22H18F3NO3S. The van der Waals surface area contributed by atoms with Crippen LogP contribution < -0.4 is 5.32 Å². The van der Waals surface area contributed by atoms with Crippen molar-refractivity contribution in [2.75, 3.05) is 5.32 Å². The van der Waals surface area contributed by atoms with Crippen LogP contribution in [0.25, 0.3) is 10.4 Å². The van der Waals surface area contributed by atoms with Crippen LogP contribution in [0.3, 0.4) is 0 Å². The summed E-state index contributed by atoms with van der Waals surface area (Å²) in [5.74, 6) is -1.73. The van der Waals surface area contributed by atoms with Crippen LogP contribution in [0, 0.1) is 0 Å². The molecule has 0 bridgehead atoms. The maximum Gasteiger partial charge on any atom is 0.416 e. The third-order valence-electron chi connectivity index (χ3n) is 4.27. The molecule has 0 saturated heterocycles. The monoisotopic (exact) mass is 433 g/mol. The lowest BCUT2D eigenvalue weighted by Gasteiger charge is -2.13. The number of benzene rings is 2. The molecule has 4 nitrogen and oxygen atoms in total. The van der Waals surface area contributed by atoms with Gasteiger partial charge in [-0.3, -0.25) is 4.79 Å². The first kappa shape index (κ1) is 21.6. The summed E-state index contributed by atoms with van der Waals surface area (Å²) < 4.78 is 38.6. The van der Waals surface area contributed by atoms with Crippen molar-refractivity contribution in [3.05, 3.63) is 76.2 Å². The molecule has 0 spiro atoms. The lowest BCUT2D eigenvalue weighted by molar-refractivity contribution is -0.137. The number of hydrogen-bond acceptors (Lipinski definition) is 4. The fraction of sp³-hybridized carbons (Fsp3) is 0.182. The van der Waals surface area contributed by atoms with Gasteiger partial charge in [0, 0.05) is 16.5 Å². The maximum atomic E-state index is 13.3. The van der Waals surface area contributed by atoms with Gasteiger partial charge >= 0.3 is 12.1 Å². The molecule has 3 aromatic rings. The molecular weight excluding hydrogens is 415 g/mol. The number of hydrogen-bond donors (Lipinski definition) is 2. The van der Waals surface area contributed by atoms with E-state index in [-0.39, 0.29) is 27.7 Å². The van der Waals surface area contributed by atoms with Gasteiger partial charge in [-0.2, -0.15) is 13.2 Å². The lowest BCUT2D eigenvalue weighted by atomic mass is 9.97. The van der Waals surface area contributed by atoms with Crippen molar-refractivity contribution in [1.29, 1.82) is 0 Å². The van der Waals surface area contributed by atoms with Gasteiger partial charge in [-0.25, -0.2) is 4.79 Å². The van der Waals surface area contributed by atoms with E-state index < -0.39 is 23.5 Å². The minimum atomic E-state index is -4.51. The van der Waals surface area contributed by atoms with Crippen molar-refractivity contribution in [3.8, 4) is 10.4 Å². The van der Waals surface area contributed by atoms with Crippen molar-refractivity contribution in [3.63, 3.8) is 0 Å². The third-order valence-corrected chi connectivity index (χ3v) is 5.50. The molecule has 2 N–H and O–H groups in total. The first-order chi connectivity index (χ1) is 14.1. The van der Waals surface area contributed by atoms with Crippen LogP contribution >= 0.6 is 11.3 Å². The van der Waals surface area contributed by atoms with E-state index in [1.165, 1.54) is 0 Å². The number of nitrogens with one attached hydrogen (secondary N) is 1. The summed E-state index contributed by atoms with van der Waals surface area (Å²) in [5.41, 5.74) is 0.140. The van der Waals surface area contributed by atoms with Crippen LogP contribution in [0.15, 0.2) is 54.6 Å². The minimum absolute atomic E-state index is 0.0298. The molecule has 8 heteroatoms. The number of alkyl halides is 3. The number of carboxylic acids is 1. The Bertz CT molecular complexity index is 1070. The van der Waals surface area contributed by atoms with Gasteiger partial charge in [-0.15, -0.1) is 11.3 Å². The molecule has 1 heterocycles. The largest absolute Gasteiger partial charge is 0.477 e. The van der Waals surface area contributed by atoms with Gasteiger partial charge in [0.2, 0.25) is 0 Å². The summed E-state index contributed by atoms with van der Waals surface area (Å²) in [4.78, 5) is 25.6. The number of thiophene rings is 1. The van der Waals surface area contributed by atoms with E-state index in [0.717, 1.165) is 35.6 Å². The smallest absolute Gasteiger partial charge is 0.416 e. The topological polar surface area (TPSA) is 66.4 Å². The molecule has 2 aromatic carbocycles. The van der Waals surface area contributed by atoms with Gasteiger partial charge in [0.1, 0.15) is 4.88 Å². The summed E-state index contributed by atoms with van der Waals surface area (Å²) >= 11 is 0.957. The fourth-order valence-corrected chi connectivity index (χ4v) is 4.08. The number of carboxylic acid groups (broad SMARTS) is 1. The Kier molecular flexibility index (Phi) is 5.98. The van der Waals surface area contributed by atoms with Gasteiger partial charge in [-0.1, -0.05) is 42.5 Å². The lowest BCUT2D eigenvalue weighted by Crippen LogP contribution is -2.15. The van der Waals surface area contributed by atoms with Crippen LogP contribution in [0.4, 0.5) is 18.9 Å². The number of rotatable bonds is 6. The summed E-state index contributed by atoms with van der Waals surface area (Å²) in [6, 6.07) is 12.6. The SMILES string of the molecule is CC(C)Nc1c(C(=O)O)sc(-c2ccccc2)c1C(=O)c1ccc(C(F)(F)F)cc1. The van der Waals surface area contributed by atoms with Crippen LogP contribution in [-0.4, -0.2) is 22.9 Å². The fourth-order valence-electron chi connectivity index (χ4n) is 2.97. The van der Waals surface area contributed by atoms with Crippen LogP contribution in [0.5, 0.6) is 0 Å². The third kappa shape index (κ3) is 4.38. The van der Waals surface area contributed by atoms with E-state index in [2.05, 4.69) is 5.32 Å². The molecule has 30 heavy (non-hydrogen) atoms. The van der Waals surface area contributed by atoms with E-state index >= 15 is 0 Å². The van der Waals surface area contributed by atoms with E-state index in [4.69, 9.17) is 0 Å². The van der Waals surface area contributed by atoms with E-state index in [1.54, 1.807) is 44.2 Å². The second kappa shape index (κ2) is 8.31. The highest BCUT2D eigenvalue weighted by Crippen LogP contribution is 2.42. The molecule has 0 atom stereocenters.